The molecule has 1 aromatic carbocycles. The first kappa shape index (κ1) is 15.8. The van der Waals surface area contributed by atoms with Crippen LogP contribution >= 0.6 is 0 Å². The predicted molar refractivity (Wildman–Crippen MR) is 71.1 cm³/mol. The molecule has 0 saturated heterocycles. The summed E-state index contributed by atoms with van der Waals surface area (Å²) in [6, 6.07) is 5.47. The Morgan fingerprint density at radius 3 is 2.90 bits per heavy atom. The standard InChI is InChI=1S/C14H17F3N2O2/c15-14(16,17)9-21-6-5-19-13(20)11-2-1-10-3-4-18-8-12(10)7-11/h1-2,7,18H,3-6,8-9H2,(H,19,20). The number of nitrogens with one attached hydrogen (secondary N) is 2. The van der Waals surface area contributed by atoms with Gasteiger partial charge in [-0.2, -0.15) is 13.2 Å². The summed E-state index contributed by atoms with van der Waals surface area (Å²) in [5, 5.41) is 5.76. The number of hydrogen-bond acceptors (Lipinski definition) is 3. The van der Waals surface area contributed by atoms with Crippen molar-refractivity contribution in [3.63, 3.8) is 0 Å². The lowest BCUT2D eigenvalue weighted by Gasteiger charge is -2.17. The molecule has 7 heteroatoms. The molecule has 2 N–H and O–H groups in total. The second-order valence-corrected chi connectivity index (χ2v) is 4.83. The lowest BCUT2D eigenvalue weighted by Crippen LogP contribution is -2.29. The summed E-state index contributed by atoms with van der Waals surface area (Å²) in [5.41, 5.74) is 2.81. The van der Waals surface area contributed by atoms with E-state index in [0.717, 1.165) is 25.1 Å². The number of benzene rings is 1. The van der Waals surface area contributed by atoms with E-state index in [1.54, 1.807) is 6.07 Å². The largest absolute Gasteiger partial charge is 0.411 e. The highest BCUT2D eigenvalue weighted by Gasteiger charge is 2.27. The van der Waals surface area contributed by atoms with E-state index < -0.39 is 12.8 Å². The molecule has 0 saturated carbocycles. The van der Waals surface area contributed by atoms with Gasteiger partial charge in [0.2, 0.25) is 0 Å². The zero-order chi connectivity index (χ0) is 15.3. The predicted octanol–water partition coefficient (Wildman–Crippen LogP) is 1.64. The van der Waals surface area contributed by atoms with Crippen LogP contribution < -0.4 is 10.6 Å². The van der Waals surface area contributed by atoms with Crippen molar-refractivity contribution in [2.75, 3.05) is 26.3 Å². The maximum atomic E-state index is 11.9. The molecule has 21 heavy (non-hydrogen) atoms. The molecule has 0 unspecified atom stereocenters. The number of halogens is 3. The van der Waals surface area contributed by atoms with Gasteiger partial charge >= 0.3 is 6.18 Å². The summed E-state index contributed by atoms with van der Waals surface area (Å²) < 4.78 is 40.0. The number of carbonyl (C=O) groups is 1. The zero-order valence-electron chi connectivity index (χ0n) is 11.4. The monoisotopic (exact) mass is 302 g/mol. The maximum absolute atomic E-state index is 11.9. The molecule has 1 heterocycles. The molecule has 1 aliphatic heterocycles. The third-order valence-corrected chi connectivity index (χ3v) is 3.15. The van der Waals surface area contributed by atoms with Crippen LogP contribution in [-0.4, -0.2) is 38.4 Å². The minimum Gasteiger partial charge on any atom is -0.370 e. The Labute approximate surface area is 120 Å². The quantitative estimate of drug-likeness (QED) is 0.813. The average Bonchev–Trinajstić information content (AvgIpc) is 2.45. The second kappa shape index (κ2) is 6.91. The molecule has 1 aromatic rings. The van der Waals surface area contributed by atoms with Crippen LogP contribution in [0.4, 0.5) is 13.2 Å². The number of ether oxygens (including phenoxy) is 1. The van der Waals surface area contributed by atoms with E-state index in [9.17, 15) is 18.0 Å². The number of hydrogen-bond donors (Lipinski definition) is 2. The topological polar surface area (TPSA) is 50.4 Å². The van der Waals surface area contributed by atoms with E-state index in [0.29, 0.717) is 5.56 Å². The first-order valence-electron chi connectivity index (χ1n) is 6.71. The summed E-state index contributed by atoms with van der Waals surface area (Å²) >= 11 is 0. The normalized spacial score (nSPS) is 14.6. The van der Waals surface area contributed by atoms with Crippen molar-refractivity contribution in [1.29, 1.82) is 0 Å². The molecular weight excluding hydrogens is 285 g/mol. The van der Waals surface area contributed by atoms with Crippen molar-refractivity contribution < 1.29 is 22.7 Å². The van der Waals surface area contributed by atoms with Gasteiger partial charge in [0.15, 0.2) is 0 Å². The van der Waals surface area contributed by atoms with Gasteiger partial charge in [-0.05, 0) is 36.2 Å². The van der Waals surface area contributed by atoms with Gasteiger partial charge in [-0.25, -0.2) is 0 Å². The molecule has 0 aromatic heterocycles. The van der Waals surface area contributed by atoms with Crippen molar-refractivity contribution in [3.05, 3.63) is 34.9 Å². The fourth-order valence-corrected chi connectivity index (χ4v) is 2.15. The van der Waals surface area contributed by atoms with Gasteiger partial charge in [0.1, 0.15) is 6.61 Å². The van der Waals surface area contributed by atoms with E-state index >= 15 is 0 Å². The second-order valence-electron chi connectivity index (χ2n) is 4.83. The molecule has 116 valence electrons. The van der Waals surface area contributed by atoms with Gasteiger partial charge in [-0.3, -0.25) is 4.79 Å². The van der Waals surface area contributed by atoms with Crippen LogP contribution in [0.15, 0.2) is 18.2 Å². The van der Waals surface area contributed by atoms with E-state index in [-0.39, 0.29) is 19.1 Å². The Balaban J connectivity index is 1.78. The summed E-state index contributed by atoms with van der Waals surface area (Å²) in [6.45, 7) is 0.232. The minimum absolute atomic E-state index is 0.0459. The van der Waals surface area contributed by atoms with Crippen LogP contribution in [0.5, 0.6) is 0 Å². The van der Waals surface area contributed by atoms with Gasteiger partial charge < -0.3 is 15.4 Å². The Morgan fingerprint density at radius 2 is 2.14 bits per heavy atom. The molecular formula is C14H17F3N2O2. The van der Waals surface area contributed by atoms with Gasteiger partial charge in [0.25, 0.3) is 5.91 Å². The lowest BCUT2D eigenvalue weighted by molar-refractivity contribution is -0.173. The lowest BCUT2D eigenvalue weighted by atomic mass is 9.98. The van der Waals surface area contributed by atoms with Crippen LogP contribution in [0, 0.1) is 0 Å². The molecule has 2 rings (SSSR count). The van der Waals surface area contributed by atoms with Gasteiger partial charge in [0, 0.05) is 18.7 Å². The van der Waals surface area contributed by atoms with E-state index in [1.165, 1.54) is 5.56 Å². The third kappa shape index (κ3) is 5.02. The van der Waals surface area contributed by atoms with Gasteiger partial charge in [-0.15, -0.1) is 0 Å². The summed E-state index contributed by atoms with van der Waals surface area (Å²) in [5.74, 6) is -0.306. The van der Waals surface area contributed by atoms with E-state index in [4.69, 9.17) is 0 Å². The van der Waals surface area contributed by atoms with Crippen LogP contribution in [0.25, 0.3) is 0 Å². The molecule has 1 aliphatic rings. The highest BCUT2D eigenvalue weighted by atomic mass is 19.4. The minimum atomic E-state index is -4.34. The summed E-state index contributed by atoms with van der Waals surface area (Å²) in [4.78, 5) is 11.9. The van der Waals surface area contributed by atoms with Crippen molar-refractivity contribution in [2.24, 2.45) is 0 Å². The zero-order valence-corrected chi connectivity index (χ0v) is 11.4. The number of rotatable bonds is 5. The summed E-state index contributed by atoms with van der Waals surface area (Å²) in [6.07, 6.45) is -3.40. The number of alkyl halides is 3. The Kier molecular flexibility index (Phi) is 5.19. The maximum Gasteiger partial charge on any atom is 0.411 e. The third-order valence-electron chi connectivity index (χ3n) is 3.15. The van der Waals surface area contributed by atoms with Crippen LogP contribution in [0.3, 0.4) is 0 Å². The fraction of sp³-hybridized carbons (Fsp3) is 0.500. The van der Waals surface area contributed by atoms with E-state index in [1.807, 2.05) is 12.1 Å². The number of carbonyl (C=O) groups excluding carboxylic acids is 1. The highest BCUT2D eigenvalue weighted by molar-refractivity contribution is 5.94. The molecule has 0 fully saturated rings. The molecule has 0 radical (unpaired) electrons. The smallest absolute Gasteiger partial charge is 0.370 e. The van der Waals surface area contributed by atoms with Gasteiger partial charge in [0.05, 0.1) is 6.61 Å². The van der Waals surface area contributed by atoms with Crippen molar-refractivity contribution in [2.45, 2.75) is 19.1 Å². The van der Waals surface area contributed by atoms with Crippen molar-refractivity contribution >= 4 is 5.91 Å². The molecule has 1 amide bonds. The van der Waals surface area contributed by atoms with Crippen LogP contribution in [-0.2, 0) is 17.7 Å². The first-order valence-corrected chi connectivity index (χ1v) is 6.71. The Bertz CT molecular complexity index is 503. The molecule has 4 nitrogen and oxygen atoms in total. The molecule has 0 atom stereocenters. The Hall–Kier alpha value is -1.60. The summed E-state index contributed by atoms with van der Waals surface area (Å²) in [7, 11) is 0. The van der Waals surface area contributed by atoms with Crippen molar-refractivity contribution in [3.8, 4) is 0 Å². The van der Waals surface area contributed by atoms with Crippen LogP contribution in [0.1, 0.15) is 21.5 Å². The van der Waals surface area contributed by atoms with Crippen LogP contribution in [0.2, 0.25) is 0 Å². The average molecular weight is 302 g/mol. The van der Waals surface area contributed by atoms with Crippen molar-refractivity contribution in [1.82, 2.24) is 10.6 Å². The molecule has 0 bridgehead atoms. The van der Waals surface area contributed by atoms with Gasteiger partial charge in [-0.1, -0.05) is 6.07 Å². The molecule has 0 spiro atoms. The highest BCUT2D eigenvalue weighted by Crippen LogP contribution is 2.16. The number of fused-ring (bicyclic) bond motifs is 1. The van der Waals surface area contributed by atoms with E-state index in [2.05, 4.69) is 15.4 Å². The number of amides is 1. The SMILES string of the molecule is O=C(NCCOCC(F)(F)F)c1ccc2c(c1)CNCC2. The fourth-order valence-electron chi connectivity index (χ4n) is 2.15. The first-order chi connectivity index (χ1) is 9.96. The Morgan fingerprint density at radius 1 is 1.33 bits per heavy atom. The molecule has 0 aliphatic carbocycles.